The van der Waals surface area contributed by atoms with Crippen LogP contribution < -0.4 is 4.74 Å². The highest BCUT2D eigenvalue weighted by molar-refractivity contribution is 5.78. The molecule has 1 heterocycles. The van der Waals surface area contributed by atoms with Crippen LogP contribution in [0.3, 0.4) is 0 Å². The summed E-state index contributed by atoms with van der Waals surface area (Å²) in [4.78, 5) is 24.4. The Bertz CT molecular complexity index is 841. The van der Waals surface area contributed by atoms with Crippen molar-refractivity contribution in [1.82, 2.24) is 4.90 Å². The number of hydrogen-bond acceptors (Lipinski definition) is 4. The third kappa shape index (κ3) is 6.07. The predicted molar refractivity (Wildman–Crippen MR) is 115 cm³/mol. The predicted octanol–water partition coefficient (Wildman–Crippen LogP) is 3.63. The van der Waals surface area contributed by atoms with E-state index in [-0.39, 0.29) is 12.5 Å². The summed E-state index contributed by atoms with van der Waals surface area (Å²) in [6.07, 6.45) is 2.84. The summed E-state index contributed by atoms with van der Waals surface area (Å²) in [5, 5.41) is 8.60. The summed E-state index contributed by atoms with van der Waals surface area (Å²) in [5.41, 5.74) is 3.73. The second kappa shape index (κ2) is 10.8. The lowest BCUT2D eigenvalue weighted by Crippen LogP contribution is -2.41. The molecule has 3 rings (SSSR count). The fourth-order valence-electron chi connectivity index (χ4n) is 3.89. The van der Waals surface area contributed by atoms with Crippen LogP contribution in [0.4, 0.5) is 0 Å². The number of carboxylic acids is 1. The van der Waals surface area contributed by atoms with Crippen molar-refractivity contribution >= 4 is 11.9 Å². The van der Waals surface area contributed by atoms with E-state index in [1.807, 2.05) is 19.1 Å². The second-order valence-corrected chi connectivity index (χ2v) is 7.53. The molecular weight excluding hydrogens is 382 g/mol. The van der Waals surface area contributed by atoms with Gasteiger partial charge in [-0.3, -0.25) is 4.79 Å². The molecule has 0 aromatic heterocycles. The minimum absolute atomic E-state index is 0.135. The number of rotatable bonds is 9. The van der Waals surface area contributed by atoms with E-state index in [9.17, 15) is 9.59 Å². The summed E-state index contributed by atoms with van der Waals surface area (Å²) in [6, 6.07) is 16.7. The molecule has 1 N–H and O–H groups in total. The van der Waals surface area contributed by atoms with Gasteiger partial charge in [0.25, 0.3) is 0 Å². The average molecular weight is 411 g/mol. The van der Waals surface area contributed by atoms with E-state index in [2.05, 4.69) is 36.4 Å². The van der Waals surface area contributed by atoms with E-state index in [1.165, 1.54) is 16.7 Å². The Balaban J connectivity index is 1.56. The Kier molecular flexibility index (Phi) is 7.85. The van der Waals surface area contributed by atoms with E-state index in [1.54, 1.807) is 4.90 Å². The molecule has 0 atom stereocenters. The molecular formula is C24H29NO5. The number of amides is 1. The molecule has 0 spiro atoms. The standard InChI is InChI=1S/C24H29NO5/c1-2-30-21-9-7-19(8-10-21)22-6-4-3-5-20(22)15-18-11-13-25(14-12-18)23(26)16-29-17-24(27)28/h3-10,18H,2,11-17H2,1H3,(H,27,28). The van der Waals surface area contributed by atoms with Crippen LogP contribution in [-0.4, -0.2) is 54.8 Å². The number of likely N-dealkylation sites (tertiary alicyclic amines) is 1. The van der Waals surface area contributed by atoms with Crippen LogP contribution in [0.15, 0.2) is 48.5 Å². The molecule has 2 aromatic carbocycles. The summed E-state index contributed by atoms with van der Waals surface area (Å²) >= 11 is 0. The van der Waals surface area contributed by atoms with Crippen LogP contribution in [0, 0.1) is 5.92 Å². The Morgan fingerprint density at radius 3 is 2.40 bits per heavy atom. The molecule has 1 aliphatic rings. The molecule has 160 valence electrons. The number of benzene rings is 2. The van der Waals surface area contributed by atoms with Gasteiger partial charge in [-0.1, -0.05) is 36.4 Å². The lowest BCUT2D eigenvalue weighted by atomic mass is 9.87. The zero-order valence-electron chi connectivity index (χ0n) is 17.4. The smallest absolute Gasteiger partial charge is 0.329 e. The molecule has 0 saturated carbocycles. The van der Waals surface area contributed by atoms with Gasteiger partial charge in [-0.05, 0) is 60.9 Å². The largest absolute Gasteiger partial charge is 0.494 e. The highest BCUT2D eigenvalue weighted by atomic mass is 16.5. The Morgan fingerprint density at radius 2 is 1.73 bits per heavy atom. The molecule has 0 radical (unpaired) electrons. The molecule has 0 bridgehead atoms. The first-order valence-electron chi connectivity index (χ1n) is 10.4. The van der Waals surface area contributed by atoms with Crippen molar-refractivity contribution in [1.29, 1.82) is 0 Å². The van der Waals surface area contributed by atoms with Crippen molar-refractivity contribution in [3.63, 3.8) is 0 Å². The van der Waals surface area contributed by atoms with Crippen LogP contribution in [0.25, 0.3) is 11.1 Å². The first kappa shape index (κ1) is 21.8. The minimum atomic E-state index is -1.06. The topological polar surface area (TPSA) is 76.1 Å². The number of ether oxygens (including phenoxy) is 2. The molecule has 1 aliphatic heterocycles. The maximum atomic E-state index is 12.2. The second-order valence-electron chi connectivity index (χ2n) is 7.53. The van der Waals surface area contributed by atoms with Gasteiger partial charge in [-0.15, -0.1) is 0 Å². The van der Waals surface area contributed by atoms with E-state index in [0.717, 1.165) is 25.0 Å². The molecule has 6 heteroatoms. The lowest BCUT2D eigenvalue weighted by Gasteiger charge is -2.32. The van der Waals surface area contributed by atoms with Crippen molar-refractivity contribution in [2.45, 2.75) is 26.2 Å². The highest BCUT2D eigenvalue weighted by Gasteiger charge is 2.23. The number of piperidine rings is 1. The molecule has 30 heavy (non-hydrogen) atoms. The van der Waals surface area contributed by atoms with E-state index < -0.39 is 12.6 Å². The van der Waals surface area contributed by atoms with Crippen molar-refractivity contribution in [2.75, 3.05) is 32.9 Å². The Morgan fingerprint density at radius 1 is 1.03 bits per heavy atom. The number of nitrogens with zero attached hydrogens (tertiary/aromatic N) is 1. The minimum Gasteiger partial charge on any atom is -0.494 e. The number of carbonyl (C=O) groups is 2. The van der Waals surface area contributed by atoms with E-state index in [0.29, 0.717) is 25.6 Å². The number of carboxylic acid groups (broad SMARTS) is 1. The van der Waals surface area contributed by atoms with Crippen LogP contribution in [-0.2, 0) is 20.7 Å². The zero-order valence-corrected chi connectivity index (χ0v) is 17.4. The van der Waals surface area contributed by atoms with Crippen LogP contribution >= 0.6 is 0 Å². The monoisotopic (exact) mass is 411 g/mol. The highest BCUT2D eigenvalue weighted by Crippen LogP contribution is 2.30. The van der Waals surface area contributed by atoms with Crippen molar-refractivity contribution in [2.24, 2.45) is 5.92 Å². The first-order chi connectivity index (χ1) is 14.6. The van der Waals surface area contributed by atoms with Gasteiger partial charge in [0, 0.05) is 13.1 Å². The van der Waals surface area contributed by atoms with Gasteiger partial charge in [0.05, 0.1) is 6.61 Å². The Hall–Kier alpha value is -2.86. The quantitative estimate of drug-likeness (QED) is 0.682. The number of aliphatic carboxylic acids is 1. The van der Waals surface area contributed by atoms with Gasteiger partial charge in [0.1, 0.15) is 19.0 Å². The normalized spacial score (nSPS) is 14.5. The third-order valence-corrected chi connectivity index (χ3v) is 5.42. The molecule has 1 amide bonds. The number of carbonyl (C=O) groups excluding carboxylic acids is 1. The van der Waals surface area contributed by atoms with Gasteiger partial charge in [-0.25, -0.2) is 4.79 Å². The molecule has 0 aliphatic carbocycles. The van der Waals surface area contributed by atoms with Crippen molar-refractivity contribution in [3.05, 3.63) is 54.1 Å². The van der Waals surface area contributed by atoms with Gasteiger partial charge in [0.15, 0.2) is 0 Å². The summed E-state index contributed by atoms with van der Waals surface area (Å²) < 4.78 is 10.5. The van der Waals surface area contributed by atoms with Crippen molar-refractivity contribution < 1.29 is 24.2 Å². The maximum absolute atomic E-state index is 12.2. The fraction of sp³-hybridized carbons (Fsp3) is 0.417. The van der Waals surface area contributed by atoms with Crippen LogP contribution in [0.2, 0.25) is 0 Å². The average Bonchev–Trinajstić information content (AvgIpc) is 2.75. The lowest BCUT2D eigenvalue weighted by molar-refractivity contribution is -0.146. The SMILES string of the molecule is CCOc1ccc(-c2ccccc2CC2CCN(C(=O)COCC(=O)O)CC2)cc1. The zero-order chi connectivity index (χ0) is 21.3. The first-order valence-corrected chi connectivity index (χ1v) is 10.4. The molecule has 6 nitrogen and oxygen atoms in total. The van der Waals surface area contributed by atoms with E-state index >= 15 is 0 Å². The molecule has 0 unspecified atom stereocenters. The summed E-state index contributed by atoms with van der Waals surface area (Å²) in [5.74, 6) is 0.193. The van der Waals surface area contributed by atoms with Gasteiger partial charge in [0.2, 0.25) is 5.91 Å². The van der Waals surface area contributed by atoms with Gasteiger partial charge in [-0.2, -0.15) is 0 Å². The van der Waals surface area contributed by atoms with Crippen LogP contribution in [0.1, 0.15) is 25.3 Å². The molecule has 1 fully saturated rings. The summed E-state index contributed by atoms with van der Waals surface area (Å²) in [7, 11) is 0. The third-order valence-electron chi connectivity index (χ3n) is 5.42. The van der Waals surface area contributed by atoms with Crippen LogP contribution in [0.5, 0.6) is 5.75 Å². The Labute approximate surface area is 177 Å². The van der Waals surface area contributed by atoms with E-state index in [4.69, 9.17) is 14.6 Å². The van der Waals surface area contributed by atoms with Gasteiger partial charge >= 0.3 is 5.97 Å². The fourth-order valence-corrected chi connectivity index (χ4v) is 3.89. The van der Waals surface area contributed by atoms with Crippen molar-refractivity contribution in [3.8, 4) is 16.9 Å². The molecule has 1 saturated heterocycles. The van der Waals surface area contributed by atoms with Gasteiger partial charge < -0.3 is 19.5 Å². The maximum Gasteiger partial charge on any atom is 0.329 e. The number of hydrogen-bond donors (Lipinski definition) is 1. The summed E-state index contributed by atoms with van der Waals surface area (Å²) in [6.45, 7) is 3.40. The molecule has 2 aromatic rings.